The highest BCUT2D eigenvalue weighted by Gasteiger charge is 2.25. The lowest BCUT2D eigenvalue weighted by Crippen LogP contribution is -2.17. The monoisotopic (exact) mass is 176 g/mol. The van der Waals surface area contributed by atoms with Crippen LogP contribution in [-0.4, -0.2) is 11.4 Å². The van der Waals surface area contributed by atoms with Gasteiger partial charge in [0.15, 0.2) is 5.78 Å². The maximum Gasteiger partial charge on any atom is 0.319 e. The van der Waals surface area contributed by atoms with E-state index in [1.807, 2.05) is 6.92 Å². The molecule has 0 aliphatic carbocycles. The van der Waals surface area contributed by atoms with Crippen molar-refractivity contribution in [2.75, 3.05) is 0 Å². The molecule has 0 aliphatic rings. The first kappa shape index (κ1) is 10.7. The van der Waals surface area contributed by atoms with Crippen LogP contribution in [0.2, 0.25) is 0 Å². The van der Waals surface area contributed by atoms with Crippen LogP contribution in [0.15, 0.2) is 0 Å². The van der Waals surface area contributed by atoms with Gasteiger partial charge in [-0.2, -0.15) is 0 Å². The lowest BCUT2D eigenvalue weighted by atomic mass is 10.1. The second-order valence-electron chi connectivity index (χ2n) is 2.55. The van der Waals surface area contributed by atoms with Gasteiger partial charge in [0.05, 0.1) is 0 Å². The number of unbranched alkanes of at least 4 members (excludes halogenated alkanes) is 1. The molecule has 2 atom stereocenters. The average Bonchev–Trinajstić information content (AvgIpc) is 1.87. The van der Waals surface area contributed by atoms with E-state index in [1.54, 1.807) is 0 Å². The van der Waals surface area contributed by atoms with Gasteiger partial charge in [0.1, 0.15) is 0 Å². The summed E-state index contributed by atoms with van der Waals surface area (Å²) in [6.07, 6.45) is 2.20. The van der Waals surface area contributed by atoms with Crippen LogP contribution in [0.25, 0.3) is 0 Å². The number of hydrogen-bond donors (Lipinski definition) is 0. The van der Waals surface area contributed by atoms with Crippen LogP contribution >= 0.6 is 8.03 Å². The van der Waals surface area contributed by atoms with E-state index in [1.165, 1.54) is 6.92 Å². The van der Waals surface area contributed by atoms with Crippen LogP contribution in [0.5, 0.6) is 0 Å². The quantitative estimate of drug-likeness (QED) is 0.592. The number of hydrogen-bond acceptors (Lipinski definition) is 3. The Labute approximate surface area is 67.7 Å². The highest BCUT2D eigenvalue weighted by molar-refractivity contribution is 7.38. The standard InChI is InChI=1S/C7H13O3P/c1-3-4-5-7(6(2)8)11(9)10/h7H,3-5H2,1-2H3. The van der Waals surface area contributed by atoms with Crippen molar-refractivity contribution in [1.29, 1.82) is 0 Å². The number of rotatable bonds is 5. The third-order valence-corrected chi connectivity index (χ3v) is 2.69. The average molecular weight is 176 g/mol. The highest BCUT2D eigenvalue weighted by Crippen LogP contribution is 2.23. The second-order valence-corrected chi connectivity index (χ2v) is 3.75. The number of ketones is 1. The van der Waals surface area contributed by atoms with Crippen molar-refractivity contribution in [2.45, 2.75) is 38.8 Å². The predicted octanol–water partition coefficient (Wildman–Crippen LogP) is 1.24. The smallest absolute Gasteiger partial charge is 0.319 e. The first-order chi connectivity index (χ1) is 5.09. The van der Waals surface area contributed by atoms with E-state index in [4.69, 9.17) is 0 Å². The molecule has 0 radical (unpaired) electrons. The lowest BCUT2D eigenvalue weighted by Gasteiger charge is -2.02. The molecule has 0 aliphatic heterocycles. The van der Waals surface area contributed by atoms with E-state index >= 15 is 0 Å². The van der Waals surface area contributed by atoms with E-state index < -0.39 is 13.7 Å². The molecule has 0 aromatic carbocycles. The van der Waals surface area contributed by atoms with E-state index in [9.17, 15) is 14.3 Å². The molecule has 0 heterocycles. The number of carbonyl (C=O) groups excluding carboxylic acids is 1. The van der Waals surface area contributed by atoms with Gasteiger partial charge in [-0.3, -0.25) is 4.79 Å². The Balaban J connectivity index is 3.90. The molecule has 0 saturated carbocycles. The predicted molar refractivity (Wildman–Crippen MR) is 41.6 cm³/mol. The van der Waals surface area contributed by atoms with Crippen molar-refractivity contribution >= 4 is 13.8 Å². The maximum absolute atomic E-state index is 10.7. The van der Waals surface area contributed by atoms with E-state index in [0.29, 0.717) is 6.42 Å². The van der Waals surface area contributed by atoms with Gasteiger partial charge in [0.2, 0.25) is 5.66 Å². The third-order valence-electron chi connectivity index (χ3n) is 1.55. The molecule has 11 heavy (non-hydrogen) atoms. The molecule has 0 N–H and O–H groups in total. The van der Waals surface area contributed by atoms with Gasteiger partial charge < -0.3 is 4.89 Å². The van der Waals surface area contributed by atoms with E-state index in [0.717, 1.165) is 12.8 Å². The summed E-state index contributed by atoms with van der Waals surface area (Å²) in [6.45, 7) is 3.29. The molecule has 2 unspecified atom stereocenters. The Morgan fingerprint density at radius 1 is 1.64 bits per heavy atom. The molecule has 3 nitrogen and oxygen atoms in total. The fraction of sp³-hybridized carbons (Fsp3) is 0.857. The lowest BCUT2D eigenvalue weighted by molar-refractivity contribution is -0.167. The molecule has 4 heteroatoms. The molecule has 0 bridgehead atoms. The Bertz CT molecular complexity index is 142. The van der Waals surface area contributed by atoms with E-state index in [-0.39, 0.29) is 5.78 Å². The SMILES string of the molecule is CCCCC(C(C)=O)[P+](=O)[O-]. The van der Waals surface area contributed by atoms with Gasteiger partial charge in [-0.1, -0.05) is 17.9 Å². The van der Waals surface area contributed by atoms with Crippen LogP contribution in [-0.2, 0) is 9.36 Å². The highest BCUT2D eigenvalue weighted by atomic mass is 31.1. The first-order valence-electron chi connectivity index (χ1n) is 3.73. The number of Topliss-reactive ketones (excluding diaryl/α,β-unsaturated/α-hetero) is 1. The zero-order chi connectivity index (χ0) is 8.85. The Hall–Kier alpha value is -0.270. The summed E-state index contributed by atoms with van der Waals surface area (Å²) in [5.74, 6) is -0.241. The molecule has 0 amide bonds. The zero-order valence-electron chi connectivity index (χ0n) is 6.87. The molecular formula is C7H13O3P. The summed E-state index contributed by atoms with van der Waals surface area (Å²) in [6, 6.07) is 0. The van der Waals surface area contributed by atoms with Gasteiger partial charge >= 0.3 is 8.03 Å². The Morgan fingerprint density at radius 2 is 2.18 bits per heavy atom. The summed E-state index contributed by atoms with van der Waals surface area (Å²) in [4.78, 5) is 21.2. The summed E-state index contributed by atoms with van der Waals surface area (Å²) in [7, 11) is -2.56. The fourth-order valence-electron chi connectivity index (χ4n) is 0.855. The molecule has 0 saturated heterocycles. The largest absolute Gasteiger partial charge is 0.595 e. The zero-order valence-corrected chi connectivity index (χ0v) is 7.77. The van der Waals surface area contributed by atoms with Crippen LogP contribution in [0.1, 0.15) is 33.1 Å². The topological polar surface area (TPSA) is 57.2 Å². The minimum absolute atomic E-state index is 0.241. The molecule has 0 spiro atoms. The minimum atomic E-state index is -2.56. The van der Waals surface area contributed by atoms with Crippen molar-refractivity contribution in [2.24, 2.45) is 0 Å². The molecule has 0 aromatic heterocycles. The van der Waals surface area contributed by atoms with Gasteiger partial charge in [-0.15, -0.1) is 0 Å². The van der Waals surface area contributed by atoms with Crippen LogP contribution in [0.4, 0.5) is 0 Å². The molecule has 0 rings (SSSR count). The van der Waals surface area contributed by atoms with Gasteiger partial charge in [-0.05, 0) is 13.3 Å². The third kappa shape index (κ3) is 4.23. The van der Waals surface area contributed by atoms with Crippen LogP contribution in [0.3, 0.4) is 0 Å². The molecular weight excluding hydrogens is 163 g/mol. The summed E-state index contributed by atoms with van der Waals surface area (Å²) < 4.78 is 10.5. The molecule has 0 fully saturated rings. The summed E-state index contributed by atoms with van der Waals surface area (Å²) in [5.41, 5.74) is -0.745. The van der Waals surface area contributed by atoms with Crippen LogP contribution < -0.4 is 4.89 Å². The second kappa shape index (κ2) is 5.39. The Kier molecular flexibility index (Phi) is 5.26. The van der Waals surface area contributed by atoms with Crippen molar-refractivity contribution in [3.05, 3.63) is 0 Å². The fourth-order valence-corrected chi connectivity index (χ4v) is 1.54. The van der Waals surface area contributed by atoms with Gasteiger partial charge in [-0.25, -0.2) is 0 Å². The van der Waals surface area contributed by atoms with Crippen molar-refractivity contribution in [3.63, 3.8) is 0 Å². The first-order valence-corrected chi connectivity index (χ1v) is 4.98. The van der Waals surface area contributed by atoms with Crippen molar-refractivity contribution in [3.8, 4) is 0 Å². The van der Waals surface area contributed by atoms with Crippen molar-refractivity contribution in [1.82, 2.24) is 0 Å². The minimum Gasteiger partial charge on any atom is -0.595 e. The molecule has 0 aromatic rings. The van der Waals surface area contributed by atoms with Crippen molar-refractivity contribution < 1.29 is 14.3 Å². The van der Waals surface area contributed by atoms with Gasteiger partial charge in [0.25, 0.3) is 0 Å². The summed E-state index contributed by atoms with van der Waals surface area (Å²) >= 11 is 0. The molecule has 64 valence electrons. The van der Waals surface area contributed by atoms with E-state index in [2.05, 4.69) is 0 Å². The summed E-state index contributed by atoms with van der Waals surface area (Å²) in [5, 5.41) is 0. The number of carbonyl (C=O) groups is 1. The van der Waals surface area contributed by atoms with Gasteiger partial charge in [0, 0.05) is 6.42 Å². The normalized spacial score (nSPS) is 14.3. The van der Waals surface area contributed by atoms with Crippen LogP contribution in [0, 0.1) is 0 Å². The maximum atomic E-state index is 10.7. The Morgan fingerprint density at radius 3 is 2.45 bits per heavy atom.